The highest BCUT2D eigenvalue weighted by Gasteiger charge is 2.09. The molecular weight excluding hydrogens is 191 g/mol. The van der Waals surface area contributed by atoms with E-state index in [9.17, 15) is 0 Å². The number of benzene rings is 1. The normalized spacial score (nSPS) is 10.3. The fourth-order valence-electron chi connectivity index (χ4n) is 1.38. The Morgan fingerprint density at radius 1 is 1.20 bits per heavy atom. The predicted molar refractivity (Wildman–Crippen MR) is 57.6 cm³/mol. The molecule has 0 aliphatic rings. The molecule has 15 heavy (non-hydrogen) atoms. The first kappa shape index (κ1) is 9.95. The first-order valence-electron chi connectivity index (χ1n) is 4.68. The molecule has 0 atom stereocenters. The van der Waals surface area contributed by atoms with Crippen molar-refractivity contribution >= 4 is 12.6 Å². The van der Waals surface area contributed by atoms with Crippen LogP contribution in [0.2, 0.25) is 0 Å². The summed E-state index contributed by atoms with van der Waals surface area (Å²) in [4.78, 5) is 0. The highest BCUT2D eigenvalue weighted by molar-refractivity contribution is 6.58. The average molecular weight is 202 g/mol. The molecule has 76 valence electrons. The maximum absolute atomic E-state index is 8.91. The van der Waals surface area contributed by atoms with E-state index in [1.54, 1.807) is 18.3 Å². The molecule has 0 aliphatic carbocycles. The van der Waals surface area contributed by atoms with Crippen LogP contribution in [0.4, 0.5) is 0 Å². The first-order valence-corrected chi connectivity index (χ1v) is 4.68. The highest BCUT2D eigenvalue weighted by Crippen LogP contribution is 2.00. The van der Waals surface area contributed by atoms with Crippen molar-refractivity contribution in [3.63, 3.8) is 0 Å². The predicted octanol–water partition coefficient (Wildman–Crippen LogP) is -0.389. The van der Waals surface area contributed by atoms with Gasteiger partial charge >= 0.3 is 7.12 Å². The van der Waals surface area contributed by atoms with Gasteiger partial charge in [0.05, 0.1) is 6.54 Å². The summed E-state index contributed by atoms with van der Waals surface area (Å²) >= 11 is 0. The van der Waals surface area contributed by atoms with Gasteiger partial charge in [0.2, 0.25) is 0 Å². The number of nitrogens with zero attached hydrogens (tertiary/aromatic N) is 2. The zero-order valence-electron chi connectivity index (χ0n) is 8.11. The Balaban J connectivity index is 2.11. The third-order valence-corrected chi connectivity index (χ3v) is 2.18. The molecular formula is C10H11BN2O2. The summed E-state index contributed by atoms with van der Waals surface area (Å²) in [7, 11) is -1.40. The molecule has 0 unspecified atom stereocenters. The van der Waals surface area contributed by atoms with E-state index in [0.717, 1.165) is 5.56 Å². The summed E-state index contributed by atoms with van der Waals surface area (Å²) in [5.74, 6) is 0. The Labute approximate surface area is 87.9 Å². The van der Waals surface area contributed by atoms with E-state index in [1.807, 2.05) is 29.1 Å². The molecule has 0 radical (unpaired) electrons. The summed E-state index contributed by atoms with van der Waals surface area (Å²) in [6.07, 6.45) is 3.61. The van der Waals surface area contributed by atoms with Crippen LogP contribution in [0.1, 0.15) is 5.56 Å². The second-order valence-electron chi connectivity index (χ2n) is 3.32. The minimum Gasteiger partial charge on any atom is -0.423 e. The van der Waals surface area contributed by atoms with Gasteiger partial charge in [-0.1, -0.05) is 24.3 Å². The maximum Gasteiger partial charge on any atom is 0.488 e. The van der Waals surface area contributed by atoms with Crippen molar-refractivity contribution in [3.8, 4) is 0 Å². The van der Waals surface area contributed by atoms with Crippen molar-refractivity contribution in [3.05, 3.63) is 48.3 Å². The minimum absolute atomic E-state index is 0.499. The monoisotopic (exact) mass is 202 g/mol. The van der Waals surface area contributed by atoms with Gasteiger partial charge in [-0.25, -0.2) is 0 Å². The van der Waals surface area contributed by atoms with Gasteiger partial charge in [0, 0.05) is 12.4 Å². The third-order valence-electron chi connectivity index (χ3n) is 2.18. The summed E-state index contributed by atoms with van der Waals surface area (Å²) in [6.45, 7) is 0.689. The van der Waals surface area contributed by atoms with Crippen molar-refractivity contribution in [2.45, 2.75) is 6.54 Å². The number of aromatic nitrogens is 2. The van der Waals surface area contributed by atoms with Gasteiger partial charge in [-0.3, -0.25) is 4.68 Å². The number of hydrogen-bond acceptors (Lipinski definition) is 3. The van der Waals surface area contributed by atoms with Gasteiger partial charge in [-0.15, -0.1) is 0 Å². The van der Waals surface area contributed by atoms with Crippen LogP contribution in [-0.2, 0) is 6.54 Å². The Bertz CT molecular complexity index is 411. The fraction of sp³-hybridized carbons (Fsp3) is 0.100. The Morgan fingerprint density at radius 3 is 2.47 bits per heavy atom. The highest BCUT2D eigenvalue weighted by atomic mass is 16.4. The first-order chi connectivity index (χ1) is 7.25. The second-order valence-corrected chi connectivity index (χ2v) is 3.32. The van der Waals surface area contributed by atoms with Crippen molar-refractivity contribution < 1.29 is 10.0 Å². The zero-order chi connectivity index (χ0) is 10.7. The summed E-state index contributed by atoms with van der Waals surface area (Å²) < 4.78 is 1.81. The van der Waals surface area contributed by atoms with Crippen LogP contribution >= 0.6 is 0 Å². The minimum atomic E-state index is -1.40. The van der Waals surface area contributed by atoms with Crippen LogP contribution < -0.4 is 5.46 Å². The fourth-order valence-corrected chi connectivity index (χ4v) is 1.38. The van der Waals surface area contributed by atoms with Crippen LogP contribution in [0.5, 0.6) is 0 Å². The Kier molecular flexibility index (Phi) is 2.85. The van der Waals surface area contributed by atoms with Crippen LogP contribution in [0.25, 0.3) is 0 Å². The van der Waals surface area contributed by atoms with Gasteiger partial charge in [0.15, 0.2) is 0 Å². The molecule has 1 heterocycles. The van der Waals surface area contributed by atoms with Crippen molar-refractivity contribution in [2.75, 3.05) is 0 Å². The van der Waals surface area contributed by atoms with Gasteiger partial charge in [-0.05, 0) is 17.1 Å². The molecule has 2 rings (SSSR count). The van der Waals surface area contributed by atoms with Crippen LogP contribution in [0.3, 0.4) is 0 Å². The molecule has 0 saturated carbocycles. The standard InChI is InChI=1S/C10H11BN2O2/c14-11(15)10-4-2-9(3-5-10)8-13-7-1-6-12-13/h1-7,14-15H,8H2. The molecule has 0 bridgehead atoms. The van der Waals surface area contributed by atoms with Crippen molar-refractivity contribution in [1.29, 1.82) is 0 Å². The smallest absolute Gasteiger partial charge is 0.423 e. The molecule has 0 fully saturated rings. The van der Waals surface area contributed by atoms with E-state index >= 15 is 0 Å². The van der Waals surface area contributed by atoms with Crippen LogP contribution in [-0.4, -0.2) is 26.9 Å². The molecule has 0 spiro atoms. The summed E-state index contributed by atoms with van der Waals surface area (Å²) in [5, 5.41) is 21.9. The lowest BCUT2D eigenvalue weighted by atomic mass is 9.80. The Hall–Kier alpha value is -1.59. The Morgan fingerprint density at radius 2 is 1.93 bits per heavy atom. The quantitative estimate of drug-likeness (QED) is 0.666. The topological polar surface area (TPSA) is 58.3 Å². The maximum atomic E-state index is 8.91. The van der Waals surface area contributed by atoms with E-state index in [0.29, 0.717) is 12.0 Å². The molecule has 0 saturated heterocycles. The lowest BCUT2D eigenvalue weighted by molar-refractivity contribution is 0.426. The molecule has 1 aromatic heterocycles. The molecule has 1 aromatic carbocycles. The summed E-state index contributed by atoms with van der Waals surface area (Å²) in [5.41, 5.74) is 1.57. The molecule has 0 amide bonds. The number of hydrogen-bond donors (Lipinski definition) is 2. The lowest BCUT2D eigenvalue weighted by Crippen LogP contribution is -2.29. The van der Waals surface area contributed by atoms with E-state index in [2.05, 4.69) is 5.10 Å². The van der Waals surface area contributed by atoms with E-state index in [4.69, 9.17) is 10.0 Å². The molecule has 5 heteroatoms. The molecule has 2 aromatic rings. The average Bonchev–Trinajstić information content (AvgIpc) is 2.71. The lowest BCUT2D eigenvalue weighted by Gasteiger charge is -2.03. The molecule has 2 N–H and O–H groups in total. The second kappa shape index (κ2) is 4.29. The number of rotatable bonds is 3. The van der Waals surface area contributed by atoms with Crippen molar-refractivity contribution in [2.24, 2.45) is 0 Å². The van der Waals surface area contributed by atoms with Gasteiger partial charge in [0.25, 0.3) is 0 Å². The van der Waals surface area contributed by atoms with E-state index in [1.165, 1.54) is 0 Å². The summed E-state index contributed by atoms with van der Waals surface area (Å²) in [6, 6.07) is 8.98. The van der Waals surface area contributed by atoms with Crippen LogP contribution in [0, 0.1) is 0 Å². The zero-order valence-corrected chi connectivity index (χ0v) is 8.11. The van der Waals surface area contributed by atoms with E-state index < -0.39 is 7.12 Å². The van der Waals surface area contributed by atoms with Crippen LogP contribution in [0.15, 0.2) is 42.7 Å². The molecule has 0 aliphatic heterocycles. The largest absolute Gasteiger partial charge is 0.488 e. The third kappa shape index (κ3) is 2.46. The van der Waals surface area contributed by atoms with Gasteiger partial charge in [-0.2, -0.15) is 5.10 Å². The van der Waals surface area contributed by atoms with Gasteiger partial charge in [0.1, 0.15) is 0 Å². The SMILES string of the molecule is OB(O)c1ccc(Cn2cccn2)cc1. The molecule has 4 nitrogen and oxygen atoms in total. The van der Waals surface area contributed by atoms with E-state index in [-0.39, 0.29) is 0 Å². The van der Waals surface area contributed by atoms with Crippen molar-refractivity contribution in [1.82, 2.24) is 9.78 Å². The van der Waals surface area contributed by atoms with Gasteiger partial charge < -0.3 is 10.0 Å².